The number of aromatic nitrogens is 6. The molecular weight excluding hydrogens is 535 g/mol. The summed E-state index contributed by atoms with van der Waals surface area (Å²) in [4.78, 5) is 19.2. The molecule has 0 atom stereocenters. The second-order valence-corrected chi connectivity index (χ2v) is 10.1. The first-order valence-electron chi connectivity index (χ1n) is 13.8. The lowest BCUT2D eigenvalue weighted by Gasteiger charge is -2.15. The molecule has 1 fully saturated rings. The van der Waals surface area contributed by atoms with Crippen LogP contribution in [0.3, 0.4) is 0 Å². The quantitative estimate of drug-likeness (QED) is 0.224. The molecule has 0 aliphatic carbocycles. The van der Waals surface area contributed by atoms with Gasteiger partial charge in [0.25, 0.3) is 0 Å². The number of halogens is 1. The molecule has 42 heavy (non-hydrogen) atoms. The molecule has 0 amide bonds. The van der Waals surface area contributed by atoms with Gasteiger partial charge < -0.3 is 20.6 Å². The van der Waals surface area contributed by atoms with Crippen molar-refractivity contribution in [3.63, 3.8) is 0 Å². The van der Waals surface area contributed by atoms with Crippen molar-refractivity contribution in [1.29, 1.82) is 0 Å². The van der Waals surface area contributed by atoms with Gasteiger partial charge in [0.2, 0.25) is 0 Å². The Bertz CT molecular complexity index is 1870. The number of fused-ring (bicyclic) bond motifs is 1. The van der Waals surface area contributed by atoms with Crippen molar-refractivity contribution in [2.24, 2.45) is 5.73 Å². The Morgan fingerprint density at radius 2 is 2.05 bits per heavy atom. The van der Waals surface area contributed by atoms with Gasteiger partial charge in [-0.05, 0) is 74.3 Å². The smallest absolute Gasteiger partial charge is 0.178 e. The highest BCUT2D eigenvalue weighted by atomic mass is 19.1. The van der Waals surface area contributed by atoms with Gasteiger partial charge in [0.05, 0.1) is 17.1 Å². The number of rotatable bonds is 8. The van der Waals surface area contributed by atoms with E-state index in [-0.39, 0.29) is 5.75 Å². The van der Waals surface area contributed by atoms with Crippen LogP contribution in [-0.4, -0.2) is 66.4 Å². The average Bonchev–Trinajstić information content (AvgIpc) is 3.75. The number of aromatic hydroxyl groups is 1. The van der Waals surface area contributed by atoms with Gasteiger partial charge in [-0.1, -0.05) is 6.08 Å². The van der Waals surface area contributed by atoms with E-state index in [1.54, 1.807) is 24.7 Å². The average molecular weight is 567 g/mol. The summed E-state index contributed by atoms with van der Waals surface area (Å²) in [6.45, 7) is 5.63. The Morgan fingerprint density at radius 1 is 1.19 bits per heavy atom. The molecule has 0 bridgehead atoms. The van der Waals surface area contributed by atoms with E-state index < -0.39 is 5.82 Å². The number of hydrogen-bond acceptors (Lipinski definition) is 8. The first kappa shape index (κ1) is 27.2. The summed E-state index contributed by atoms with van der Waals surface area (Å²) in [6, 6.07) is 7.57. The van der Waals surface area contributed by atoms with Crippen LogP contribution in [0.5, 0.6) is 11.5 Å². The Morgan fingerprint density at radius 3 is 2.83 bits per heavy atom. The number of ether oxygens (including phenoxy) is 1. The minimum Gasteiger partial charge on any atom is -0.508 e. The SMILES string of the molecule is C\C=c1/[nH]nc(-c2nc3nccc(-c4cc(O)cc(F)c4)c3[nH]2)/c1=C/C(=C\N)c1cncc(OCCN2CCCC2)c1. The van der Waals surface area contributed by atoms with Crippen LogP contribution >= 0.6 is 0 Å². The number of imidazole rings is 1. The molecular formula is C31H31FN8O2. The van der Waals surface area contributed by atoms with E-state index in [1.807, 2.05) is 25.1 Å². The highest BCUT2D eigenvalue weighted by Gasteiger charge is 2.16. The van der Waals surface area contributed by atoms with Crippen LogP contribution in [0.25, 0.3) is 51.5 Å². The monoisotopic (exact) mass is 566 g/mol. The molecule has 0 radical (unpaired) electrons. The number of nitrogens with two attached hydrogens (primary N) is 1. The van der Waals surface area contributed by atoms with Crippen LogP contribution in [0.4, 0.5) is 4.39 Å². The second-order valence-electron chi connectivity index (χ2n) is 10.1. The van der Waals surface area contributed by atoms with Crippen molar-refractivity contribution in [2.75, 3.05) is 26.2 Å². The van der Waals surface area contributed by atoms with Crippen molar-refractivity contribution in [3.05, 3.63) is 77.1 Å². The lowest BCUT2D eigenvalue weighted by atomic mass is 10.1. The van der Waals surface area contributed by atoms with E-state index in [0.717, 1.165) is 47.4 Å². The topological polar surface area (TPSA) is 142 Å². The highest BCUT2D eigenvalue weighted by Crippen LogP contribution is 2.30. The summed E-state index contributed by atoms with van der Waals surface area (Å²) in [5.41, 5.74) is 10.3. The summed E-state index contributed by atoms with van der Waals surface area (Å²) in [6.07, 6.45) is 12.9. The molecule has 0 saturated carbocycles. The van der Waals surface area contributed by atoms with Crippen LogP contribution in [0.15, 0.2) is 55.1 Å². The number of benzene rings is 1. The minimum absolute atomic E-state index is 0.168. The largest absolute Gasteiger partial charge is 0.508 e. The molecule has 4 aromatic heterocycles. The Kier molecular flexibility index (Phi) is 7.65. The maximum atomic E-state index is 14.1. The maximum absolute atomic E-state index is 14.1. The summed E-state index contributed by atoms with van der Waals surface area (Å²) >= 11 is 0. The Balaban J connectivity index is 1.35. The number of H-pyrrole nitrogens is 2. The molecule has 10 nitrogen and oxygen atoms in total. The number of likely N-dealkylation sites (tertiary alicyclic amines) is 1. The molecule has 1 aliphatic heterocycles. The van der Waals surface area contributed by atoms with Crippen molar-refractivity contribution in [1.82, 2.24) is 35.0 Å². The number of aromatic amines is 2. The van der Waals surface area contributed by atoms with Gasteiger partial charge in [0.15, 0.2) is 11.5 Å². The number of allylic oxidation sites excluding steroid dienone is 1. The number of nitrogens with one attached hydrogen (secondary N) is 2. The van der Waals surface area contributed by atoms with Crippen molar-refractivity contribution in [3.8, 4) is 34.1 Å². The predicted octanol–water partition coefficient (Wildman–Crippen LogP) is 3.31. The number of hydrogen-bond donors (Lipinski definition) is 4. The standard InChI is InChI=1S/C31H31FN8O2/c1-2-27-26(14-20(16-33)21-13-24(18-34-17-21)42-10-9-40-7-3-4-8-40)29(39-38-27)31-36-28-25(5-6-35-30(28)37-31)19-11-22(32)15-23(41)12-19/h2,5-6,11-18,38,41H,3-4,7-10,33H2,1H3,(H,35,36,37)/b20-16+,26-14+,27-2-. The molecule has 0 unspecified atom stereocenters. The zero-order chi connectivity index (χ0) is 29.1. The lowest BCUT2D eigenvalue weighted by Crippen LogP contribution is -2.25. The molecule has 1 aliphatic rings. The van der Waals surface area contributed by atoms with E-state index in [4.69, 9.17) is 10.5 Å². The van der Waals surface area contributed by atoms with E-state index in [2.05, 4.69) is 35.0 Å². The minimum atomic E-state index is -0.543. The van der Waals surface area contributed by atoms with Crippen molar-refractivity contribution >= 4 is 28.9 Å². The van der Waals surface area contributed by atoms with Gasteiger partial charge in [-0.25, -0.2) is 14.4 Å². The lowest BCUT2D eigenvalue weighted by molar-refractivity contribution is 0.237. The molecule has 214 valence electrons. The van der Waals surface area contributed by atoms with Gasteiger partial charge in [-0.15, -0.1) is 0 Å². The molecule has 5 heterocycles. The van der Waals surface area contributed by atoms with E-state index in [0.29, 0.717) is 46.2 Å². The zero-order valence-corrected chi connectivity index (χ0v) is 23.1. The number of pyridine rings is 2. The van der Waals surface area contributed by atoms with Crippen LogP contribution in [0, 0.1) is 5.82 Å². The fourth-order valence-electron chi connectivity index (χ4n) is 5.24. The predicted molar refractivity (Wildman–Crippen MR) is 160 cm³/mol. The van der Waals surface area contributed by atoms with Gasteiger partial charge in [0.1, 0.15) is 29.6 Å². The highest BCUT2D eigenvalue weighted by molar-refractivity contribution is 5.92. The van der Waals surface area contributed by atoms with E-state index in [1.165, 1.54) is 31.2 Å². The first-order chi connectivity index (χ1) is 20.5. The number of phenolic OH excluding ortho intramolecular Hbond substituents is 1. The molecule has 11 heteroatoms. The molecule has 1 saturated heterocycles. The van der Waals surface area contributed by atoms with Crippen LogP contribution in [0.1, 0.15) is 25.3 Å². The molecule has 1 aromatic carbocycles. The molecule has 5 aromatic rings. The summed E-state index contributed by atoms with van der Waals surface area (Å²) in [7, 11) is 0. The Labute approximate surface area is 241 Å². The van der Waals surface area contributed by atoms with E-state index >= 15 is 0 Å². The number of nitrogens with zero attached hydrogens (tertiary/aromatic N) is 5. The summed E-state index contributed by atoms with van der Waals surface area (Å²) in [5.74, 6) is 0.431. The van der Waals surface area contributed by atoms with Crippen LogP contribution < -0.4 is 21.0 Å². The first-order valence-corrected chi connectivity index (χ1v) is 13.8. The summed E-state index contributed by atoms with van der Waals surface area (Å²) in [5, 5.41) is 19.1. The fourth-order valence-corrected chi connectivity index (χ4v) is 5.24. The van der Waals surface area contributed by atoms with Gasteiger partial charge in [-0.3, -0.25) is 15.0 Å². The van der Waals surface area contributed by atoms with Crippen LogP contribution in [0.2, 0.25) is 0 Å². The van der Waals surface area contributed by atoms with E-state index in [9.17, 15) is 9.50 Å². The second kappa shape index (κ2) is 11.8. The Hall–Kier alpha value is -5.03. The number of phenols is 1. The molecule has 5 N–H and O–H groups in total. The normalized spacial score (nSPS) is 15.2. The molecule has 6 rings (SSSR count). The fraction of sp³-hybridized carbons (Fsp3) is 0.226. The van der Waals surface area contributed by atoms with Gasteiger partial charge >= 0.3 is 0 Å². The van der Waals surface area contributed by atoms with Crippen molar-refractivity contribution < 1.29 is 14.2 Å². The third-order valence-corrected chi connectivity index (χ3v) is 7.33. The third-order valence-electron chi connectivity index (χ3n) is 7.33. The maximum Gasteiger partial charge on any atom is 0.178 e. The van der Waals surface area contributed by atoms with Gasteiger partial charge in [-0.2, -0.15) is 5.10 Å². The van der Waals surface area contributed by atoms with Crippen molar-refractivity contribution in [2.45, 2.75) is 19.8 Å². The zero-order valence-electron chi connectivity index (χ0n) is 23.1. The third kappa shape index (κ3) is 5.59. The summed E-state index contributed by atoms with van der Waals surface area (Å²) < 4.78 is 20.1. The van der Waals surface area contributed by atoms with Crippen LogP contribution in [-0.2, 0) is 0 Å². The molecule has 0 spiro atoms. The van der Waals surface area contributed by atoms with Gasteiger partial charge in [0, 0.05) is 47.6 Å².